The van der Waals surface area contributed by atoms with Gasteiger partial charge in [0.2, 0.25) is 0 Å². The summed E-state index contributed by atoms with van der Waals surface area (Å²) in [6, 6.07) is 18.2. The molecule has 0 aliphatic rings. The first-order chi connectivity index (χ1) is 15.0. The van der Waals surface area contributed by atoms with Crippen LogP contribution in [0.4, 0.5) is 10.1 Å². The van der Waals surface area contributed by atoms with E-state index in [-0.39, 0.29) is 36.1 Å². The molecule has 0 fully saturated rings. The van der Waals surface area contributed by atoms with Crippen molar-refractivity contribution in [2.45, 2.75) is 6.54 Å². The van der Waals surface area contributed by atoms with Crippen molar-refractivity contribution in [1.29, 1.82) is 0 Å². The van der Waals surface area contributed by atoms with Gasteiger partial charge in [-0.1, -0.05) is 34.1 Å². The van der Waals surface area contributed by atoms with Crippen molar-refractivity contribution in [2.75, 3.05) is 19.0 Å². The number of ether oxygens (including phenoxy) is 2. The van der Waals surface area contributed by atoms with E-state index in [1.807, 2.05) is 12.1 Å². The Labute approximate surface area is 187 Å². The second kappa shape index (κ2) is 10.6. The van der Waals surface area contributed by atoms with Gasteiger partial charge in [-0.25, -0.2) is 4.39 Å². The van der Waals surface area contributed by atoms with Gasteiger partial charge in [0.25, 0.3) is 11.8 Å². The molecule has 160 valence electrons. The predicted molar refractivity (Wildman–Crippen MR) is 119 cm³/mol. The lowest BCUT2D eigenvalue weighted by Gasteiger charge is -2.12. The van der Waals surface area contributed by atoms with Crippen LogP contribution in [0, 0.1) is 5.82 Å². The number of carbonyl (C=O) groups is 2. The Balaban J connectivity index is 1.58. The zero-order valence-corrected chi connectivity index (χ0v) is 18.2. The van der Waals surface area contributed by atoms with Crippen molar-refractivity contribution in [1.82, 2.24) is 5.32 Å². The van der Waals surface area contributed by atoms with E-state index in [2.05, 4.69) is 26.6 Å². The van der Waals surface area contributed by atoms with Gasteiger partial charge in [0.1, 0.15) is 5.75 Å². The molecule has 2 amide bonds. The quantitative estimate of drug-likeness (QED) is 0.489. The standard InChI is InChI=1S/C23H20BrFN2O4/c1-30-21-11-6-15(12-19(21)25)13-26-23(29)18-4-2-3-5-20(18)31-14-22(28)27-17-9-7-16(24)8-10-17/h2-12H,13-14H2,1H3,(H,26,29)(H,27,28). The average Bonchev–Trinajstić information content (AvgIpc) is 2.78. The molecule has 0 spiro atoms. The summed E-state index contributed by atoms with van der Waals surface area (Å²) >= 11 is 3.33. The number of anilines is 1. The highest BCUT2D eigenvalue weighted by Gasteiger charge is 2.14. The van der Waals surface area contributed by atoms with Crippen molar-refractivity contribution < 1.29 is 23.5 Å². The summed E-state index contributed by atoms with van der Waals surface area (Å²) in [4.78, 5) is 24.8. The molecule has 0 saturated carbocycles. The molecule has 31 heavy (non-hydrogen) atoms. The van der Waals surface area contributed by atoms with Gasteiger partial charge in [0.05, 0.1) is 12.7 Å². The summed E-state index contributed by atoms with van der Waals surface area (Å²) < 4.78 is 25.2. The maximum Gasteiger partial charge on any atom is 0.262 e. The number of para-hydroxylation sites is 1. The number of rotatable bonds is 8. The van der Waals surface area contributed by atoms with Crippen molar-refractivity contribution in [3.8, 4) is 11.5 Å². The maximum absolute atomic E-state index is 13.8. The summed E-state index contributed by atoms with van der Waals surface area (Å²) in [5, 5.41) is 5.44. The van der Waals surface area contributed by atoms with Crippen LogP contribution < -0.4 is 20.1 Å². The molecule has 0 radical (unpaired) electrons. The molecule has 0 aromatic heterocycles. The third-order valence-electron chi connectivity index (χ3n) is 4.29. The first-order valence-corrected chi connectivity index (χ1v) is 10.1. The molecule has 0 heterocycles. The smallest absolute Gasteiger partial charge is 0.262 e. The molecule has 0 aliphatic carbocycles. The minimum atomic E-state index is -0.505. The maximum atomic E-state index is 13.8. The second-order valence-corrected chi connectivity index (χ2v) is 7.41. The number of amides is 2. The van der Waals surface area contributed by atoms with Crippen LogP contribution in [0.3, 0.4) is 0 Å². The Morgan fingerprint density at radius 2 is 1.74 bits per heavy atom. The summed E-state index contributed by atoms with van der Waals surface area (Å²) in [6.07, 6.45) is 0. The molecule has 6 nitrogen and oxygen atoms in total. The Morgan fingerprint density at radius 3 is 2.45 bits per heavy atom. The minimum Gasteiger partial charge on any atom is -0.494 e. The lowest BCUT2D eigenvalue weighted by molar-refractivity contribution is -0.118. The van der Waals surface area contributed by atoms with Crippen LogP contribution in [-0.4, -0.2) is 25.5 Å². The van der Waals surface area contributed by atoms with Crippen LogP contribution in [0.25, 0.3) is 0 Å². The lowest BCUT2D eigenvalue weighted by Crippen LogP contribution is -2.25. The number of hydrogen-bond donors (Lipinski definition) is 2. The fourth-order valence-electron chi connectivity index (χ4n) is 2.75. The number of benzene rings is 3. The molecule has 3 rings (SSSR count). The van der Waals surface area contributed by atoms with E-state index in [0.29, 0.717) is 11.3 Å². The van der Waals surface area contributed by atoms with E-state index in [0.717, 1.165) is 4.47 Å². The minimum absolute atomic E-state index is 0.123. The zero-order chi connectivity index (χ0) is 22.2. The normalized spacial score (nSPS) is 10.3. The van der Waals surface area contributed by atoms with Gasteiger partial charge in [-0.2, -0.15) is 0 Å². The van der Waals surface area contributed by atoms with Gasteiger partial charge in [0, 0.05) is 16.7 Å². The number of nitrogens with one attached hydrogen (secondary N) is 2. The first-order valence-electron chi connectivity index (χ1n) is 9.34. The molecule has 0 aliphatic heterocycles. The van der Waals surface area contributed by atoms with Crippen molar-refractivity contribution in [2.24, 2.45) is 0 Å². The van der Waals surface area contributed by atoms with Crippen LogP contribution in [0.2, 0.25) is 0 Å². The van der Waals surface area contributed by atoms with Crippen LogP contribution in [-0.2, 0) is 11.3 Å². The lowest BCUT2D eigenvalue weighted by atomic mass is 10.1. The van der Waals surface area contributed by atoms with Crippen LogP contribution >= 0.6 is 15.9 Å². The first kappa shape index (κ1) is 22.3. The molecular formula is C23H20BrFN2O4. The Kier molecular flexibility index (Phi) is 7.61. The van der Waals surface area contributed by atoms with E-state index in [1.54, 1.807) is 42.5 Å². The van der Waals surface area contributed by atoms with Gasteiger partial charge < -0.3 is 20.1 Å². The summed E-state index contributed by atoms with van der Waals surface area (Å²) in [5.74, 6) is -0.858. The van der Waals surface area contributed by atoms with Gasteiger partial charge in [-0.3, -0.25) is 9.59 Å². The highest BCUT2D eigenvalue weighted by Crippen LogP contribution is 2.20. The Morgan fingerprint density at radius 1 is 1.00 bits per heavy atom. The third-order valence-corrected chi connectivity index (χ3v) is 4.82. The van der Waals surface area contributed by atoms with Crippen molar-refractivity contribution in [3.63, 3.8) is 0 Å². The van der Waals surface area contributed by atoms with Crippen LogP contribution in [0.15, 0.2) is 71.2 Å². The fourth-order valence-corrected chi connectivity index (χ4v) is 3.02. The highest BCUT2D eigenvalue weighted by molar-refractivity contribution is 9.10. The molecule has 0 saturated heterocycles. The summed E-state index contributed by atoms with van der Waals surface area (Å²) in [6.45, 7) is -0.137. The van der Waals surface area contributed by atoms with Gasteiger partial charge in [-0.05, 0) is 54.1 Å². The van der Waals surface area contributed by atoms with Crippen LogP contribution in [0.1, 0.15) is 15.9 Å². The Hall–Kier alpha value is -3.39. The molecule has 2 N–H and O–H groups in total. The SMILES string of the molecule is COc1ccc(CNC(=O)c2ccccc2OCC(=O)Nc2ccc(Br)cc2)cc1F. The van der Waals surface area contributed by atoms with E-state index in [9.17, 15) is 14.0 Å². The van der Waals surface area contributed by atoms with Crippen LogP contribution in [0.5, 0.6) is 11.5 Å². The second-order valence-electron chi connectivity index (χ2n) is 6.49. The molecule has 3 aromatic rings. The molecule has 0 unspecified atom stereocenters. The fraction of sp³-hybridized carbons (Fsp3) is 0.130. The number of hydrogen-bond acceptors (Lipinski definition) is 4. The number of methoxy groups -OCH3 is 1. The van der Waals surface area contributed by atoms with Crippen molar-refractivity contribution in [3.05, 3.63) is 88.1 Å². The predicted octanol–water partition coefficient (Wildman–Crippen LogP) is 4.54. The molecule has 8 heteroatoms. The van der Waals surface area contributed by atoms with E-state index in [1.165, 1.54) is 19.2 Å². The average molecular weight is 487 g/mol. The number of halogens is 2. The van der Waals surface area contributed by atoms with Crippen molar-refractivity contribution >= 4 is 33.4 Å². The third kappa shape index (κ3) is 6.29. The van der Waals surface area contributed by atoms with E-state index in [4.69, 9.17) is 9.47 Å². The summed E-state index contributed by atoms with van der Waals surface area (Å²) in [7, 11) is 1.38. The highest BCUT2D eigenvalue weighted by atomic mass is 79.9. The topological polar surface area (TPSA) is 76.7 Å². The number of carbonyl (C=O) groups excluding carboxylic acids is 2. The summed E-state index contributed by atoms with van der Waals surface area (Å²) in [5.41, 5.74) is 1.49. The molecular weight excluding hydrogens is 467 g/mol. The molecule has 0 atom stereocenters. The Bertz CT molecular complexity index is 1070. The molecule has 3 aromatic carbocycles. The largest absolute Gasteiger partial charge is 0.494 e. The van der Waals surface area contributed by atoms with E-state index < -0.39 is 11.7 Å². The molecule has 0 bridgehead atoms. The zero-order valence-electron chi connectivity index (χ0n) is 16.7. The van der Waals surface area contributed by atoms with Gasteiger partial charge in [0.15, 0.2) is 18.2 Å². The monoisotopic (exact) mass is 486 g/mol. The van der Waals surface area contributed by atoms with Gasteiger partial charge in [-0.15, -0.1) is 0 Å². The van der Waals surface area contributed by atoms with Gasteiger partial charge >= 0.3 is 0 Å². The van der Waals surface area contributed by atoms with E-state index >= 15 is 0 Å².